The average Bonchev–Trinajstić information content (AvgIpc) is 3.36. The van der Waals surface area contributed by atoms with Crippen LogP contribution in [0.2, 0.25) is 0 Å². The van der Waals surface area contributed by atoms with E-state index in [0.29, 0.717) is 13.4 Å². The van der Waals surface area contributed by atoms with Crippen LogP contribution < -0.4 is 19.1 Å². The molecule has 0 bridgehead atoms. The molecule has 28 heavy (non-hydrogen) atoms. The molecule has 2 aliphatic heterocycles. The summed E-state index contributed by atoms with van der Waals surface area (Å²) in [5.41, 5.74) is 2.24. The van der Waals surface area contributed by atoms with Gasteiger partial charge in [-0.15, -0.1) is 0 Å². The maximum Gasteiger partial charge on any atom is 0.231 e. The third-order valence-electron chi connectivity index (χ3n) is 5.16. The zero-order valence-electron chi connectivity index (χ0n) is 15.9. The van der Waals surface area contributed by atoms with Gasteiger partial charge in [0.25, 0.3) is 0 Å². The first-order valence-electron chi connectivity index (χ1n) is 9.68. The first-order valence-corrected chi connectivity index (χ1v) is 10.5. The Morgan fingerprint density at radius 3 is 2.79 bits per heavy atom. The van der Waals surface area contributed by atoms with Crippen LogP contribution in [0.5, 0.6) is 17.2 Å². The lowest BCUT2D eigenvalue weighted by Gasteiger charge is -2.34. The third-order valence-corrected chi connectivity index (χ3v) is 6.24. The van der Waals surface area contributed by atoms with Crippen molar-refractivity contribution < 1.29 is 14.2 Å². The Labute approximate surface area is 168 Å². The molecule has 146 valence electrons. The maximum absolute atomic E-state index is 5.73. The van der Waals surface area contributed by atoms with Crippen LogP contribution in [0.1, 0.15) is 12.5 Å². The normalized spacial score (nSPS) is 16.7. The number of hydrogen-bond acceptors (Lipinski definition) is 7. The number of fused-ring (bicyclic) bond motifs is 2. The maximum atomic E-state index is 5.73. The lowest BCUT2D eigenvalue weighted by molar-refractivity contribution is 0.174. The molecule has 2 aliphatic rings. The topological polar surface area (TPSA) is 47.1 Å². The van der Waals surface area contributed by atoms with Crippen LogP contribution in [0.4, 0.5) is 5.13 Å². The van der Waals surface area contributed by atoms with Crippen LogP contribution in [-0.2, 0) is 6.54 Å². The van der Waals surface area contributed by atoms with Gasteiger partial charge in [0.05, 0.1) is 11.3 Å². The minimum Gasteiger partial charge on any atom is -0.492 e. The molecule has 1 fully saturated rings. The SMILES string of the molecule is CCOc1cccc2sc(N3CCN(Cc4ccc5c(c4)OCO5)CC3)nc12. The summed E-state index contributed by atoms with van der Waals surface area (Å²) in [6.07, 6.45) is 0. The van der Waals surface area contributed by atoms with Gasteiger partial charge in [0.15, 0.2) is 16.6 Å². The number of ether oxygens (including phenoxy) is 3. The number of hydrogen-bond donors (Lipinski definition) is 0. The van der Waals surface area contributed by atoms with Crippen molar-refractivity contribution in [3.05, 3.63) is 42.0 Å². The van der Waals surface area contributed by atoms with Crippen molar-refractivity contribution >= 4 is 26.7 Å². The van der Waals surface area contributed by atoms with Crippen LogP contribution in [0.3, 0.4) is 0 Å². The van der Waals surface area contributed by atoms with Gasteiger partial charge in [-0.2, -0.15) is 0 Å². The molecule has 3 heterocycles. The van der Waals surface area contributed by atoms with E-state index in [0.717, 1.165) is 60.6 Å². The Balaban J connectivity index is 1.24. The van der Waals surface area contributed by atoms with Crippen molar-refractivity contribution in [3.8, 4) is 17.2 Å². The fourth-order valence-corrected chi connectivity index (χ4v) is 4.75. The zero-order chi connectivity index (χ0) is 18.9. The highest BCUT2D eigenvalue weighted by atomic mass is 32.1. The van der Waals surface area contributed by atoms with Gasteiger partial charge in [-0.3, -0.25) is 4.90 Å². The first-order chi connectivity index (χ1) is 13.8. The number of nitrogens with zero attached hydrogens (tertiary/aromatic N) is 3. The highest BCUT2D eigenvalue weighted by Crippen LogP contribution is 2.35. The van der Waals surface area contributed by atoms with Gasteiger partial charge in [0, 0.05) is 32.7 Å². The van der Waals surface area contributed by atoms with Crippen molar-refractivity contribution in [1.29, 1.82) is 0 Å². The Hall–Kier alpha value is -2.51. The molecule has 5 rings (SSSR count). The van der Waals surface area contributed by atoms with E-state index in [1.54, 1.807) is 11.3 Å². The summed E-state index contributed by atoms with van der Waals surface area (Å²) >= 11 is 1.75. The van der Waals surface area contributed by atoms with E-state index in [4.69, 9.17) is 19.2 Å². The molecule has 0 saturated carbocycles. The number of rotatable bonds is 5. The van der Waals surface area contributed by atoms with Crippen LogP contribution in [0, 0.1) is 0 Å². The smallest absolute Gasteiger partial charge is 0.231 e. The summed E-state index contributed by atoms with van der Waals surface area (Å²) < 4.78 is 17.8. The van der Waals surface area contributed by atoms with Gasteiger partial charge in [-0.05, 0) is 36.8 Å². The lowest BCUT2D eigenvalue weighted by Crippen LogP contribution is -2.45. The van der Waals surface area contributed by atoms with E-state index in [9.17, 15) is 0 Å². The van der Waals surface area contributed by atoms with Gasteiger partial charge in [-0.25, -0.2) is 4.98 Å². The largest absolute Gasteiger partial charge is 0.492 e. The molecule has 0 atom stereocenters. The van der Waals surface area contributed by atoms with Gasteiger partial charge < -0.3 is 19.1 Å². The van der Waals surface area contributed by atoms with Crippen molar-refractivity contribution in [3.63, 3.8) is 0 Å². The quantitative estimate of drug-likeness (QED) is 0.654. The Kier molecular flexibility index (Phi) is 4.70. The summed E-state index contributed by atoms with van der Waals surface area (Å²) in [5.74, 6) is 2.58. The van der Waals surface area contributed by atoms with Crippen molar-refractivity contribution in [1.82, 2.24) is 9.88 Å². The van der Waals surface area contributed by atoms with Crippen LogP contribution in [-0.4, -0.2) is 49.5 Å². The Morgan fingerprint density at radius 1 is 1.07 bits per heavy atom. The molecule has 0 aliphatic carbocycles. The van der Waals surface area contributed by atoms with E-state index < -0.39 is 0 Å². The molecule has 1 aromatic heterocycles. The summed E-state index contributed by atoms with van der Waals surface area (Å²) in [5, 5.41) is 1.09. The van der Waals surface area contributed by atoms with E-state index in [2.05, 4.69) is 28.0 Å². The van der Waals surface area contributed by atoms with Crippen LogP contribution in [0.15, 0.2) is 36.4 Å². The highest BCUT2D eigenvalue weighted by molar-refractivity contribution is 7.22. The minimum atomic E-state index is 0.324. The number of aromatic nitrogens is 1. The number of para-hydroxylation sites is 1. The van der Waals surface area contributed by atoms with Gasteiger partial charge in [-0.1, -0.05) is 23.5 Å². The van der Waals surface area contributed by atoms with Gasteiger partial charge >= 0.3 is 0 Å². The fraction of sp³-hybridized carbons (Fsp3) is 0.381. The molecule has 0 radical (unpaired) electrons. The summed E-state index contributed by atoms with van der Waals surface area (Å²) in [6.45, 7) is 7.91. The highest BCUT2D eigenvalue weighted by Gasteiger charge is 2.21. The van der Waals surface area contributed by atoms with Crippen LogP contribution >= 0.6 is 11.3 Å². The number of thiazole rings is 1. The molecule has 6 nitrogen and oxygen atoms in total. The third kappa shape index (κ3) is 3.36. The van der Waals surface area contributed by atoms with E-state index in [-0.39, 0.29) is 0 Å². The summed E-state index contributed by atoms with van der Waals surface area (Å²) in [4.78, 5) is 9.74. The van der Waals surface area contributed by atoms with E-state index >= 15 is 0 Å². The average molecular weight is 398 g/mol. The molecule has 0 spiro atoms. The molecule has 3 aromatic rings. The number of benzene rings is 2. The monoisotopic (exact) mass is 397 g/mol. The second kappa shape index (κ2) is 7.48. The van der Waals surface area contributed by atoms with Gasteiger partial charge in [0.1, 0.15) is 11.3 Å². The van der Waals surface area contributed by atoms with E-state index in [1.165, 1.54) is 10.3 Å². The second-order valence-electron chi connectivity index (χ2n) is 6.98. The summed E-state index contributed by atoms with van der Waals surface area (Å²) in [6, 6.07) is 12.4. The molecule has 7 heteroatoms. The van der Waals surface area contributed by atoms with Gasteiger partial charge in [0.2, 0.25) is 6.79 Å². The minimum absolute atomic E-state index is 0.324. The molecular weight excluding hydrogens is 374 g/mol. The van der Waals surface area contributed by atoms with Crippen LogP contribution in [0.25, 0.3) is 10.2 Å². The molecule has 0 N–H and O–H groups in total. The molecule has 0 unspecified atom stereocenters. The van der Waals surface area contributed by atoms with E-state index in [1.807, 2.05) is 25.1 Å². The fourth-order valence-electron chi connectivity index (χ4n) is 3.71. The second-order valence-corrected chi connectivity index (χ2v) is 7.99. The zero-order valence-corrected chi connectivity index (χ0v) is 16.7. The standard InChI is InChI=1S/C21H23N3O3S/c1-2-25-17-4-3-5-19-20(17)22-21(28-19)24-10-8-23(9-11-24)13-15-6-7-16-18(12-15)27-14-26-16/h3-7,12H,2,8-11,13-14H2,1H3. The van der Waals surface area contributed by atoms with Crippen molar-refractivity contribution in [2.75, 3.05) is 44.5 Å². The predicted octanol–water partition coefficient (Wildman–Crippen LogP) is 3.75. The number of anilines is 1. The molecular formula is C21H23N3O3S. The van der Waals surface area contributed by atoms with Crippen molar-refractivity contribution in [2.24, 2.45) is 0 Å². The first kappa shape index (κ1) is 17.6. The molecule has 2 aromatic carbocycles. The predicted molar refractivity (Wildman–Crippen MR) is 111 cm³/mol. The molecule has 1 saturated heterocycles. The summed E-state index contributed by atoms with van der Waals surface area (Å²) in [7, 11) is 0. The number of piperazine rings is 1. The van der Waals surface area contributed by atoms with Crippen molar-refractivity contribution in [2.45, 2.75) is 13.5 Å². The lowest BCUT2D eigenvalue weighted by atomic mass is 10.1. The Bertz CT molecular complexity index is 982. The molecule has 0 amide bonds. The Morgan fingerprint density at radius 2 is 1.93 bits per heavy atom.